The molecule has 0 amide bonds. The molecule has 0 aromatic heterocycles. The first-order valence-corrected chi connectivity index (χ1v) is 5.39. The van der Waals surface area contributed by atoms with Gasteiger partial charge in [0.05, 0.1) is 5.60 Å². The predicted molar refractivity (Wildman–Crippen MR) is 53.5 cm³/mol. The van der Waals surface area contributed by atoms with Crippen molar-refractivity contribution in [1.29, 1.82) is 0 Å². The monoisotopic (exact) mass is 183 g/mol. The van der Waals surface area contributed by atoms with Crippen LogP contribution in [-0.2, 0) is 0 Å². The number of hydrogen-bond donors (Lipinski definition) is 2. The van der Waals surface area contributed by atoms with Crippen LogP contribution < -0.4 is 5.32 Å². The smallest absolute Gasteiger partial charge is 0.0852 e. The van der Waals surface area contributed by atoms with Gasteiger partial charge in [0.2, 0.25) is 0 Å². The molecule has 13 heavy (non-hydrogen) atoms. The predicted octanol–water partition coefficient (Wildman–Crippen LogP) is 1.39. The molecule has 2 aliphatic carbocycles. The van der Waals surface area contributed by atoms with Crippen LogP contribution in [0, 0.1) is 17.3 Å². The summed E-state index contributed by atoms with van der Waals surface area (Å²) in [6, 6.07) is 0. The largest absolute Gasteiger partial charge is 0.388 e. The Morgan fingerprint density at radius 1 is 1.31 bits per heavy atom. The molecule has 2 heteroatoms. The molecule has 0 aromatic carbocycles. The van der Waals surface area contributed by atoms with Gasteiger partial charge in [-0.25, -0.2) is 0 Å². The minimum absolute atomic E-state index is 0.110. The molecule has 0 unspecified atom stereocenters. The molecule has 0 spiro atoms. The Hall–Kier alpha value is -0.0800. The highest BCUT2D eigenvalue weighted by molar-refractivity contribution is 5.12. The first-order valence-electron chi connectivity index (χ1n) is 5.39. The minimum Gasteiger partial charge on any atom is -0.388 e. The standard InChI is InChI=1S/C11H21NO/c1-10(2)8-4-5-9(6-8)11(10,13)7-12-3/h8-9,12-13H,4-7H2,1-3H3/t8-,9+,11+/m0/s1. The Bertz CT molecular complexity index is 214. The minimum atomic E-state index is -0.454. The third kappa shape index (κ3) is 1.02. The molecule has 3 atom stereocenters. The lowest BCUT2D eigenvalue weighted by Gasteiger charge is -2.46. The molecule has 2 saturated carbocycles. The van der Waals surface area contributed by atoms with Crippen LogP contribution in [0.15, 0.2) is 0 Å². The maximum absolute atomic E-state index is 10.6. The van der Waals surface area contributed by atoms with Gasteiger partial charge in [-0.3, -0.25) is 0 Å². The lowest BCUT2D eigenvalue weighted by molar-refractivity contribution is -0.102. The van der Waals surface area contributed by atoms with Crippen molar-refractivity contribution in [2.75, 3.05) is 13.6 Å². The summed E-state index contributed by atoms with van der Waals surface area (Å²) < 4.78 is 0. The van der Waals surface area contributed by atoms with Crippen LogP contribution in [0.5, 0.6) is 0 Å². The molecular weight excluding hydrogens is 162 g/mol. The van der Waals surface area contributed by atoms with Gasteiger partial charge < -0.3 is 10.4 Å². The average Bonchev–Trinajstić information content (AvgIpc) is 2.56. The topological polar surface area (TPSA) is 32.3 Å². The van der Waals surface area contributed by atoms with Gasteiger partial charge in [0.25, 0.3) is 0 Å². The van der Waals surface area contributed by atoms with Gasteiger partial charge in [-0.2, -0.15) is 0 Å². The number of likely N-dealkylation sites (N-methyl/N-ethyl adjacent to an activating group) is 1. The van der Waals surface area contributed by atoms with Crippen LogP contribution in [-0.4, -0.2) is 24.3 Å². The second kappa shape index (κ2) is 2.71. The van der Waals surface area contributed by atoms with E-state index in [-0.39, 0.29) is 5.41 Å². The fraction of sp³-hybridized carbons (Fsp3) is 1.00. The third-order valence-electron chi connectivity index (χ3n) is 4.69. The van der Waals surface area contributed by atoms with E-state index in [1.807, 2.05) is 7.05 Å². The summed E-state index contributed by atoms with van der Waals surface area (Å²) in [5, 5.41) is 13.8. The Labute approximate surface area is 80.7 Å². The molecule has 2 aliphatic rings. The highest BCUT2D eigenvalue weighted by Crippen LogP contribution is 2.61. The lowest BCUT2D eigenvalue weighted by Crippen LogP contribution is -2.55. The van der Waals surface area contributed by atoms with Crippen LogP contribution in [0.1, 0.15) is 33.1 Å². The molecule has 2 fully saturated rings. The van der Waals surface area contributed by atoms with E-state index in [1.165, 1.54) is 19.3 Å². The zero-order valence-electron chi connectivity index (χ0n) is 8.93. The summed E-state index contributed by atoms with van der Waals surface area (Å²) in [5.41, 5.74) is -0.344. The molecule has 0 aliphatic heterocycles. The Morgan fingerprint density at radius 3 is 2.38 bits per heavy atom. The van der Waals surface area contributed by atoms with E-state index in [0.717, 1.165) is 12.5 Å². The van der Waals surface area contributed by atoms with Crippen LogP contribution in [0.25, 0.3) is 0 Å². The molecule has 2 nitrogen and oxygen atoms in total. The Kier molecular flexibility index (Phi) is 1.97. The Morgan fingerprint density at radius 2 is 1.92 bits per heavy atom. The van der Waals surface area contributed by atoms with Crippen molar-refractivity contribution in [3.05, 3.63) is 0 Å². The van der Waals surface area contributed by atoms with E-state index in [4.69, 9.17) is 0 Å². The van der Waals surface area contributed by atoms with Gasteiger partial charge in [0.15, 0.2) is 0 Å². The molecule has 2 rings (SSSR count). The van der Waals surface area contributed by atoms with Crippen LogP contribution in [0.4, 0.5) is 0 Å². The average molecular weight is 183 g/mol. The number of fused-ring (bicyclic) bond motifs is 2. The third-order valence-corrected chi connectivity index (χ3v) is 4.69. The fourth-order valence-corrected chi connectivity index (χ4v) is 3.59. The van der Waals surface area contributed by atoms with Gasteiger partial charge >= 0.3 is 0 Å². The highest BCUT2D eigenvalue weighted by Gasteiger charge is 2.61. The van der Waals surface area contributed by atoms with Crippen LogP contribution >= 0.6 is 0 Å². The molecule has 0 radical (unpaired) electrons. The van der Waals surface area contributed by atoms with E-state index in [2.05, 4.69) is 19.2 Å². The molecule has 2 N–H and O–H groups in total. The van der Waals surface area contributed by atoms with E-state index in [9.17, 15) is 5.11 Å². The van der Waals surface area contributed by atoms with Crippen molar-refractivity contribution in [3.63, 3.8) is 0 Å². The number of rotatable bonds is 2. The Balaban J connectivity index is 2.27. The van der Waals surface area contributed by atoms with E-state index < -0.39 is 5.60 Å². The summed E-state index contributed by atoms with van der Waals surface area (Å²) in [7, 11) is 1.93. The summed E-state index contributed by atoms with van der Waals surface area (Å²) in [4.78, 5) is 0. The van der Waals surface area contributed by atoms with Gasteiger partial charge in [-0.15, -0.1) is 0 Å². The zero-order chi connectivity index (χ0) is 9.69. The van der Waals surface area contributed by atoms with Gasteiger partial charge in [0, 0.05) is 6.54 Å². The second-order valence-corrected chi connectivity index (χ2v) is 5.38. The van der Waals surface area contributed by atoms with E-state index in [1.54, 1.807) is 0 Å². The van der Waals surface area contributed by atoms with Crippen LogP contribution in [0.3, 0.4) is 0 Å². The molecule has 0 aromatic rings. The summed E-state index contributed by atoms with van der Waals surface area (Å²) in [6.45, 7) is 5.21. The lowest BCUT2D eigenvalue weighted by atomic mass is 9.65. The number of nitrogens with one attached hydrogen (secondary N) is 1. The molecule has 76 valence electrons. The van der Waals surface area contributed by atoms with Gasteiger partial charge in [0.1, 0.15) is 0 Å². The van der Waals surface area contributed by atoms with Crippen molar-refractivity contribution in [2.24, 2.45) is 17.3 Å². The molecule has 0 heterocycles. The SMILES string of the molecule is CNC[C@@]1(O)[C@@H]2CC[C@@H](C2)C1(C)C. The van der Waals surface area contributed by atoms with Crippen LogP contribution in [0.2, 0.25) is 0 Å². The van der Waals surface area contributed by atoms with Gasteiger partial charge in [-0.1, -0.05) is 13.8 Å². The number of aliphatic hydroxyl groups is 1. The van der Waals surface area contributed by atoms with E-state index >= 15 is 0 Å². The molecule has 0 saturated heterocycles. The quantitative estimate of drug-likeness (QED) is 0.678. The van der Waals surface area contributed by atoms with Crippen molar-refractivity contribution < 1.29 is 5.11 Å². The molecular formula is C11H21NO. The summed E-state index contributed by atoms with van der Waals surface area (Å²) >= 11 is 0. The van der Waals surface area contributed by atoms with E-state index in [0.29, 0.717) is 5.92 Å². The summed E-state index contributed by atoms with van der Waals surface area (Å²) in [6.07, 6.45) is 3.79. The zero-order valence-corrected chi connectivity index (χ0v) is 8.93. The normalized spacial score (nSPS) is 47.1. The summed E-state index contributed by atoms with van der Waals surface area (Å²) in [5.74, 6) is 1.29. The van der Waals surface area contributed by atoms with Crippen molar-refractivity contribution in [1.82, 2.24) is 5.32 Å². The number of hydrogen-bond acceptors (Lipinski definition) is 2. The second-order valence-electron chi connectivity index (χ2n) is 5.38. The maximum atomic E-state index is 10.6. The fourth-order valence-electron chi connectivity index (χ4n) is 3.59. The maximum Gasteiger partial charge on any atom is 0.0852 e. The van der Waals surface area contributed by atoms with Crippen molar-refractivity contribution >= 4 is 0 Å². The highest BCUT2D eigenvalue weighted by atomic mass is 16.3. The molecule has 2 bridgehead atoms. The van der Waals surface area contributed by atoms with Crippen molar-refractivity contribution in [2.45, 2.75) is 38.7 Å². The first kappa shape index (κ1) is 9.47. The van der Waals surface area contributed by atoms with Gasteiger partial charge in [-0.05, 0) is 43.6 Å². The first-order chi connectivity index (χ1) is 6.02. The van der Waals surface area contributed by atoms with Crippen molar-refractivity contribution in [3.8, 4) is 0 Å².